The molecule has 0 unspecified atom stereocenters. The second kappa shape index (κ2) is 5.02. The van der Waals surface area contributed by atoms with E-state index in [-0.39, 0.29) is 5.60 Å². The molecule has 0 bridgehead atoms. The minimum atomic E-state index is -0.132. The van der Waals surface area contributed by atoms with Crippen LogP contribution in [0, 0.1) is 0 Å². The number of rotatable bonds is 6. The third kappa shape index (κ3) is 2.45. The van der Waals surface area contributed by atoms with Crippen molar-refractivity contribution in [3.05, 3.63) is 17.7 Å². The summed E-state index contributed by atoms with van der Waals surface area (Å²) < 4.78 is 6.01. The van der Waals surface area contributed by atoms with Crippen LogP contribution in [-0.2, 0) is 16.9 Å². The average molecular weight is 249 g/mol. The molecule has 18 heavy (non-hydrogen) atoms. The number of aromatic nitrogens is 2. The summed E-state index contributed by atoms with van der Waals surface area (Å²) in [6, 6.07) is 0.740. The highest BCUT2D eigenvalue weighted by atomic mass is 16.5. The summed E-state index contributed by atoms with van der Waals surface area (Å²) in [4.78, 5) is 8.03. The van der Waals surface area contributed by atoms with Crippen LogP contribution >= 0.6 is 0 Å². The predicted molar refractivity (Wildman–Crippen MR) is 70.2 cm³/mol. The molecule has 0 atom stereocenters. The van der Waals surface area contributed by atoms with Crippen LogP contribution in [0.25, 0.3) is 0 Å². The summed E-state index contributed by atoms with van der Waals surface area (Å²) in [6.07, 6.45) is 9.30. The molecule has 2 fully saturated rings. The lowest BCUT2D eigenvalue weighted by Gasteiger charge is -2.26. The van der Waals surface area contributed by atoms with Crippen molar-refractivity contribution in [1.82, 2.24) is 15.3 Å². The van der Waals surface area contributed by atoms with Crippen LogP contribution < -0.4 is 5.32 Å². The first-order valence-electron chi connectivity index (χ1n) is 7.24. The zero-order valence-corrected chi connectivity index (χ0v) is 11.2. The molecule has 4 nitrogen and oxygen atoms in total. The van der Waals surface area contributed by atoms with Crippen molar-refractivity contribution < 1.29 is 4.74 Å². The van der Waals surface area contributed by atoms with Crippen molar-refractivity contribution in [3.63, 3.8) is 0 Å². The zero-order valence-electron chi connectivity index (χ0n) is 11.2. The minimum absolute atomic E-state index is 0.132. The number of H-pyrrole nitrogens is 1. The van der Waals surface area contributed by atoms with Crippen molar-refractivity contribution in [2.75, 3.05) is 6.61 Å². The Morgan fingerprint density at radius 2 is 2.22 bits per heavy atom. The molecule has 0 radical (unpaired) electrons. The first-order valence-corrected chi connectivity index (χ1v) is 7.24. The standard InChI is InChI=1S/C14H23N3O/c1-2-18-14(7-3-4-8-14)13-16-10-12(17-13)9-15-11-5-6-11/h10-11,15H,2-9H2,1H3,(H,16,17). The third-order valence-corrected chi connectivity index (χ3v) is 4.05. The van der Waals surface area contributed by atoms with Crippen molar-refractivity contribution >= 4 is 0 Å². The number of imidazole rings is 1. The van der Waals surface area contributed by atoms with Crippen LogP contribution in [0.4, 0.5) is 0 Å². The molecule has 2 N–H and O–H groups in total. The number of ether oxygens (including phenoxy) is 1. The normalized spacial score (nSPS) is 22.5. The maximum absolute atomic E-state index is 6.01. The second-order valence-electron chi connectivity index (χ2n) is 5.55. The number of aromatic amines is 1. The molecule has 4 heteroatoms. The predicted octanol–water partition coefficient (Wildman–Crippen LogP) is 2.47. The van der Waals surface area contributed by atoms with Crippen LogP contribution in [0.1, 0.15) is 57.0 Å². The van der Waals surface area contributed by atoms with Gasteiger partial charge in [-0.05, 0) is 45.4 Å². The fourth-order valence-corrected chi connectivity index (χ4v) is 2.89. The molecule has 2 saturated carbocycles. The van der Waals surface area contributed by atoms with Gasteiger partial charge in [0.25, 0.3) is 0 Å². The summed E-state index contributed by atoms with van der Waals surface area (Å²) in [5, 5.41) is 3.51. The first kappa shape index (κ1) is 12.2. The molecule has 1 aromatic heterocycles. The topological polar surface area (TPSA) is 49.9 Å². The Hall–Kier alpha value is -0.870. The highest BCUT2D eigenvalue weighted by Gasteiger charge is 2.39. The van der Waals surface area contributed by atoms with Crippen LogP contribution in [0.2, 0.25) is 0 Å². The lowest BCUT2D eigenvalue weighted by atomic mass is 10.0. The number of hydrogen-bond donors (Lipinski definition) is 2. The highest BCUT2D eigenvalue weighted by Crippen LogP contribution is 2.40. The van der Waals surface area contributed by atoms with E-state index in [9.17, 15) is 0 Å². The SMILES string of the molecule is CCOC1(c2ncc(CNC3CC3)[nH]2)CCCC1. The summed E-state index contributed by atoms with van der Waals surface area (Å²) in [5.74, 6) is 1.04. The second-order valence-corrected chi connectivity index (χ2v) is 5.55. The van der Waals surface area contributed by atoms with E-state index < -0.39 is 0 Å². The Bertz CT molecular complexity index is 391. The van der Waals surface area contributed by atoms with Gasteiger partial charge in [-0.1, -0.05) is 0 Å². The van der Waals surface area contributed by atoms with Gasteiger partial charge < -0.3 is 15.0 Å². The van der Waals surface area contributed by atoms with Crippen molar-refractivity contribution in [3.8, 4) is 0 Å². The van der Waals surface area contributed by atoms with Crippen LogP contribution in [-0.4, -0.2) is 22.6 Å². The van der Waals surface area contributed by atoms with E-state index in [2.05, 4.69) is 22.2 Å². The summed E-state index contributed by atoms with van der Waals surface area (Å²) >= 11 is 0. The molecule has 0 spiro atoms. The van der Waals surface area contributed by atoms with E-state index in [1.54, 1.807) is 0 Å². The van der Waals surface area contributed by atoms with Gasteiger partial charge in [0.05, 0.1) is 0 Å². The van der Waals surface area contributed by atoms with Gasteiger partial charge in [-0.15, -0.1) is 0 Å². The van der Waals surface area contributed by atoms with E-state index in [4.69, 9.17) is 4.74 Å². The molecule has 0 aliphatic heterocycles. The number of hydrogen-bond acceptors (Lipinski definition) is 3. The molecular weight excluding hydrogens is 226 g/mol. The van der Waals surface area contributed by atoms with E-state index in [1.165, 1.54) is 31.4 Å². The van der Waals surface area contributed by atoms with Gasteiger partial charge in [0.2, 0.25) is 0 Å². The summed E-state index contributed by atoms with van der Waals surface area (Å²) in [6.45, 7) is 3.73. The molecule has 3 rings (SSSR count). The molecule has 2 aliphatic carbocycles. The Morgan fingerprint density at radius 3 is 2.89 bits per heavy atom. The fourth-order valence-electron chi connectivity index (χ4n) is 2.89. The van der Waals surface area contributed by atoms with Crippen LogP contribution in [0.15, 0.2) is 6.20 Å². The lowest BCUT2D eigenvalue weighted by molar-refractivity contribution is -0.0451. The van der Waals surface area contributed by atoms with Crippen molar-refractivity contribution in [1.29, 1.82) is 0 Å². The lowest BCUT2D eigenvalue weighted by Crippen LogP contribution is -2.27. The maximum Gasteiger partial charge on any atom is 0.138 e. The van der Waals surface area contributed by atoms with Gasteiger partial charge in [0.15, 0.2) is 0 Å². The largest absolute Gasteiger partial charge is 0.367 e. The quantitative estimate of drug-likeness (QED) is 0.814. The molecule has 100 valence electrons. The molecule has 0 saturated heterocycles. The number of nitrogens with one attached hydrogen (secondary N) is 2. The minimum Gasteiger partial charge on any atom is -0.367 e. The van der Waals surface area contributed by atoms with Crippen LogP contribution in [0.3, 0.4) is 0 Å². The van der Waals surface area contributed by atoms with Gasteiger partial charge in [0, 0.05) is 31.1 Å². The van der Waals surface area contributed by atoms with Gasteiger partial charge in [-0.3, -0.25) is 0 Å². The Labute approximate surface area is 109 Å². The monoisotopic (exact) mass is 249 g/mol. The van der Waals surface area contributed by atoms with Crippen molar-refractivity contribution in [2.45, 2.75) is 63.6 Å². The zero-order chi connectivity index (χ0) is 12.4. The summed E-state index contributed by atoms with van der Waals surface area (Å²) in [7, 11) is 0. The van der Waals surface area contributed by atoms with Gasteiger partial charge >= 0.3 is 0 Å². The van der Waals surface area contributed by atoms with E-state index in [0.29, 0.717) is 0 Å². The molecule has 1 heterocycles. The van der Waals surface area contributed by atoms with Crippen LogP contribution in [0.5, 0.6) is 0 Å². The number of nitrogens with zero attached hydrogens (tertiary/aromatic N) is 1. The Balaban J connectivity index is 1.69. The van der Waals surface area contributed by atoms with E-state index >= 15 is 0 Å². The molecule has 2 aliphatic rings. The van der Waals surface area contributed by atoms with Gasteiger partial charge in [-0.25, -0.2) is 4.98 Å². The van der Waals surface area contributed by atoms with E-state index in [1.807, 2.05) is 6.20 Å². The molecular formula is C14H23N3O. The maximum atomic E-state index is 6.01. The highest BCUT2D eigenvalue weighted by molar-refractivity contribution is 5.11. The molecule has 1 aromatic rings. The smallest absolute Gasteiger partial charge is 0.138 e. The molecule has 0 amide bonds. The Morgan fingerprint density at radius 1 is 1.44 bits per heavy atom. The fraction of sp³-hybridized carbons (Fsp3) is 0.786. The van der Waals surface area contributed by atoms with Gasteiger partial charge in [0.1, 0.15) is 11.4 Å². The average Bonchev–Trinajstić information content (AvgIpc) is 2.90. The van der Waals surface area contributed by atoms with E-state index in [0.717, 1.165) is 37.9 Å². The molecule has 0 aromatic carbocycles. The van der Waals surface area contributed by atoms with Gasteiger partial charge in [-0.2, -0.15) is 0 Å². The van der Waals surface area contributed by atoms with Crippen molar-refractivity contribution in [2.24, 2.45) is 0 Å². The third-order valence-electron chi connectivity index (χ3n) is 4.05. The first-order chi connectivity index (χ1) is 8.82. The Kier molecular flexibility index (Phi) is 3.39. The summed E-state index contributed by atoms with van der Waals surface area (Å²) in [5.41, 5.74) is 1.05.